The van der Waals surface area contributed by atoms with Gasteiger partial charge in [-0.3, -0.25) is 4.57 Å². The summed E-state index contributed by atoms with van der Waals surface area (Å²) in [5, 5.41) is 0. The van der Waals surface area contributed by atoms with Crippen LogP contribution in [0.1, 0.15) is 27.7 Å². The maximum atomic E-state index is 12.9. The smallest absolute Gasteiger partial charge is 0.321 e. The zero-order valence-corrected chi connectivity index (χ0v) is 14.2. The highest BCUT2D eigenvalue weighted by Crippen LogP contribution is 2.66. The average molecular weight is 300 g/mol. The van der Waals surface area contributed by atoms with Crippen LogP contribution in [0.25, 0.3) is 0 Å². The summed E-state index contributed by atoms with van der Waals surface area (Å²) in [6.45, 7) is 7.90. The molecule has 0 aliphatic heterocycles. The normalized spacial score (nSPS) is 15.1. The molecular formula is C11H28NO4P2+. The van der Waals surface area contributed by atoms with Gasteiger partial charge in [-0.2, -0.15) is 0 Å². The molecule has 5 nitrogen and oxygen atoms in total. The Balaban J connectivity index is 5.56. The number of hydrogen-bond acceptors (Lipinski definition) is 4. The lowest BCUT2D eigenvalue weighted by Gasteiger charge is -2.33. The minimum atomic E-state index is -3.34. The lowest BCUT2D eigenvalue weighted by atomic mass is 10.9. The fourth-order valence-corrected chi connectivity index (χ4v) is 9.38. The molecule has 0 unspecified atom stereocenters. The van der Waals surface area contributed by atoms with Crippen LogP contribution in [0.4, 0.5) is 0 Å². The van der Waals surface area contributed by atoms with E-state index in [-0.39, 0.29) is 0 Å². The Kier molecular flexibility index (Phi) is 7.96. The fraction of sp³-hybridized carbons (Fsp3) is 1.00. The summed E-state index contributed by atoms with van der Waals surface area (Å²) in [5.41, 5.74) is -0.570. The molecule has 0 amide bonds. The Labute approximate surface area is 111 Å². The molecule has 0 aromatic carbocycles. The van der Waals surface area contributed by atoms with Crippen LogP contribution in [0.5, 0.6) is 0 Å². The molecule has 0 aliphatic rings. The van der Waals surface area contributed by atoms with Gasteiger partial charge in [0.15, 0.2) is 7.14 Å². The molecule has 1 N–H and O–H groups in total. The molecule has 0 fully saturated rings. The summed E-state index contributed by atoms with van der Waals surface area (Å²) in [6.07, 6.45) is 1.03. The summed E-state index contributed by atoms with van der Waals surface area (Å²) in [5.74, 6) is 0. The minimum Gasteiger partial charge on any atom is -0.321 e. The van der Waals surface area contributed by atoms with Crippen molar-refractivity contribution in [2.24, 2.45) is 0 Å². The molecule has 0 aromatic rings. The molecule has 0 spiro atoms. The van der Waals surface area contributed by atoms with Crippen molar-refractivity contribution in [1.29, 1.82) is 0 Å². The van der Waals surface area contributed by atoms with Crippen molar-refractivity contribution in [1.82, 2.24) is 0 Å². The highest BCUT2D eigenvalue weighted by Gasteiger charge is 2.51. The molecule has 7 heteroatoms. The standard InChI is InChI=1S/C11H27NO4P2/c1-7-15-18(14,16-8-2)11(12(5)6)17(13,9-3)10-4/h11H,7-10H2,1-6H3/p+1/t11-/m1/s1. The van der Waals surface area contributed by atoms with E-state index in [1.807, 2.05) is 27.9 Å². The van der Waals surface area contributed by atoms with Crippen LogP contribution in [-0.4, -0.2) is 45.2 Å². The number of nitrogens with one attached hydrogen (secondary N) is 1. The summed E-state index contributed by atoms with van der Waals surface area (Å²) >= 11 is 0. The van der Waals surface area contributed by atoms with Gasteiger partial charge in [-0.25, -0.2) is 0 Å². The molecule has 0 radical (unpaired) electrons. The topological polar surface area (TPSA) is 57.0 Å². The highest BCUT2D eigenvalue weighted by atomic mass is 31.2. The third-order valence-electron chi connectivity index (χ3n) is 2.95. The maximum Gasteiger partial charge on any atom is 0.395 e. The van der Waals surface area contributed by atoms with Gasteiger partial charge in [0, 0.05) is 12.3 Å². The van der Waals surface area contributed by atoms with E-state index in [1.165, 1.54) is 0 Å². The van der Waals surface area contributed by atoms with E-state index in [4.69, 9.17) is 9.05 Å². The van der Waals surface area contributed by atoms with E-state index in [9.17, 15) is 9.13 Å². The third kappa shape index (κ3) is 4.18. The summed E-state index contributed by atoms with van der Waals surface area (Å²) in [6, 6.07) is 0. The first-order chi connectivity index (χ1) is 8.31. The monoisotopic (exact) mass is 300 g/mol. The predicted octanol–water partition coefficient (Wildman–Crippen LogP) is 2.08. The first-order valence-electron chi connectivity index (χ1n) is 6.57. The Bertz CT molecular complexity index is 315. The first-order valence-corrected chi connectivity index (χ1v) is 10.3. The summed E-state index contributed by atoms with van der Waals surface area (Å²) < 4.78 is 36.6. The zero-order chi connectivity index (χ0) is 14.4. The first kappa shape index (κ1) is 18.3. The van der Waals surface area contributed by atoms with Gasteiger partial charge in [-0.1, -0.05) is 13.8 Å². The van der Waals surface area contributed by atoms with Crippen LogP contribution < -0.4 is 4.90 Å². The second kappa shape index (κ2) is 7.81. The maximum absolute atomic E-state index is 12.9. The van der Waals surface area contributed by atoms with E-state index < -0.39 is 20.3 Å². The van der Waals surface area contributed by atoms with Crippen LogP contribution >= 0.6 is 14.7 Å². The second-order valence-electron chi connectivity index (χ2n) is 4.41. The molecule has 0 heterocycles. The van der Waals surface area contributed by atoms with E-state index >= 15 is 0 Å². The SMILES string of the molecule is CCOP(=O)(OCC)[C@H]([NH+](C)C)P(=O)(CC)CC. The Morgan fingerprint density at radius 2 is 1.33 bits per heavy atom. The Morgan fingerprint density at radius 1 is 0.944 bits per heavy atom. The quantitative estimate of drug-likeness (QED) is 0.662. The fourth-order valence-electron chi connectivity index (χ4n) is 2.15. The zero-order valence-electron chi connectivity index (χ0n) is 12.4. The number of rotatable bonds is 9. The van der Waals surface area contributed by atoms with Crippen molar-refractivity contribution in [2.75, 3.05) is 39.6 Å². The van der Waals surface area contributed by atoms with E-state index in [0.717, 1.165) is 4.90 Å². The molecule has 18 heavy (non-hydrogen) atoms. The molecule has 0 aromatic heterocycles. The molecule has 0 bridgehead atoms. The van der Waals surface area contributed by atoms with Crippen molar-refractivity contribution < 1.29 is 23.1 Å². The molecule has 0 saturated carbocycles. The lowest BCUT2D eigenvalue weighted by Crippen LogP contribution is -3.09. The van der Waals surface area contributed by atoms with E-state index in [0.29, 0.717) is 25.5 Å². The van der Waals surface area contributed by atoms with Crippen molar-refractivity contribution >= 4 is 14.7 Å². The molecule has 110 valence electrons. The van der Waals surface area contributed by atoms with Gasteiger partial charge in [-0.15, -0.1) is 0 Å². The largest absolute Gasteiger partial charge is 0.395 e. The van der Waals surface area contributed by atoms with E-state index in [1.54, 1.807) is 13.8 Å². The average Bonchev–Trinajstić information content (AvgIpc) is 2.28. The molecule has 0 aliphatic carbocycles. The van der Waals surface area contributed by atoms with Crippen LogP contribution in [0, 0.1) is 0 Å². The highest BCUT2D eigenvalue weighted by molar-refractivity contribution is 7.77. The second-order valence-corrected chi connectivity index (χ2v) is 10.6. The van der Waals surface area contributed by atoms with E-state index in [2.05, 4.69) is 0 Å². The number of quaternary nitrogens is 1. The Morgan fingerprint density at radius 3 is 1.56 bits per heavy atom. The summed E-state index contributed by atoms with van der Waals surface area (Å²) in [4.78, 5) is 0.868. The predicted molar refractivity (Wildman–Crippen MR) is 76.1 cm³/mol. The van der Waals surface area contributed by atoms with Crippen LogP contribution in [-0.2, 0) is 18.2 Å². The van der Waals surface area contributed by atoms with Crippen LogP contribution in [0.3, 0.4) is 0 Å². The van der Waals surface area contributed by atoms with Gasteiger partial charge in [0.05, 0.1) is 27.3 Å². The molecule has 0 rings (SSSR count). The van der Waals surface area contributed by atoms with Gasteiger partial charge in [0.2, 0.25) is 5.52 Å². The van der Waals surface area contributed by atoms with Crippen molar-refractivity contribution in [2.45, 2.75) is 33.2 Å². The van der Waals surface area contributed by atoms with Crippen molar-refractivity contribution in [3.8, 4) is 0 Å². The van der Waals surface area contributed by atoms with Crippen LogP contribution in [0.2, 0.25) is 0 Å². The van der Waals surface area contributed by atoms with Crippen molar-refractivity contribution in [3.05, 3.63) is 0 Å². The van der Waals surface area contributed by atoms with Crippen LogP contribution in [0.15, 0.2) is 0 Å². The lowest BCUT2D eigenvalue weighted by molar-refractivity contribution is -0.858. The molecular weight excluding hydrogens is 272 g/mol. The summed E-state index contributed by atoms with van der Waals surface area (Å²) in [7, 11) is -2.21. The van der Waals surface area contributed by atoms with Gasteiger partial charge < -0.3 is 18.5 Å². The number of hydrogen-bond donors (Lipinski definition) is 1. The molecule has 1 atom stereocenters. The molecule has 0 saturated heterocycles. The van der Waals surface area contributed by atoms with Gasteiger partial charge in [0.25, 0.3) is 0 Å². The third-order valence-corrected chi connectivity index (χ3v) is 11.0. The van der Waals surface area contributed by atoms with Crippen molar-refractivity contribution in [3.63, 3.8) is 0 Å². The van der Waals surface area contributed by atoms with Gasteiger partial charge in [0.1, 0.15) is 0 Å². The van der Waals surface area contributed by atoms with Gasteiger partial charge >= 0.3 is 7.60 Å². The van der Waals surface area contributed by atoms with Gasteiger partial charge in [-0.05, 0) is 13.8 Å². The Hall–Kier alpha value is 0.340. The minimum absolute atomic E-state index is 0.300.